The highest BCUT2D eigenvalue weighted by Gasteiger charge is 2.28. The van der Waals surface area contributed by atoms with Crippen molar-refractivity contribution in [2.45, 2.75) is 0 Å². The Kier molecular flexibility index (Phi) is 4.21. The lowest BCUT2D eigenvalue weighted by molar-refractivity contribution is 0.658. The second-order valence-corrected chi connectivity index (χ2v) is 8.33. The zero-order chi connectivity index (χ0) is 22.6. The Morgan fingerprint density at radius 3 is 1.19 bits per heavy atom. The van der Waals surface area contributed by atoms with E-state index in [2.05, 4.69) is 20.4 Å². The normalized spacial score (nSPS) is 15.1. The molecule has 0 fully saturated rings. The summed E-state index contributed by atoms with van der Waals surface area (Å²) in [6.07, 6.45) is 0. The molecule has 0 amide bonds. The summed E-state index contributed by atoms with van der Waals surface area (Å²) in [5, 5.41) is 52.6. The highest BCUT2D eigenvalue weighted by molar-refractivity contribution is 7.19. The molecule has 5 rings (SSSR count). The number of benzene rings is 1. The van der Waals surface area contributed by atoms with Crippen LogP contribution in [0.2, 0.25) is 0 Å². The van der Waals surface area contributed by atoms with Crippen LogP contribution in [-0.2, 0) is 0 Å². The first-order valence-electron chi connectivity index (χ1n) is 8.54. The number of hydrogen-bond donors (Lipinski definition) is 0. The number of thiophene rings is 2. The van der Waals surface area contributed by atoms with Crippen LogP contribution in [0.25, 0.3) is 31.3 Å². The highest BCUT2D eigenvalue weighted by atomic mass is 32.1. The maximum absolute atomic E-state index is 14.6. The predicted octanol–water partition coefficient (Wildman–Crippen LogP) is 2.41. The molecule has 2 aromatic heterocycles. The van der Waals surface area contributed by atoms with Crippen LogP contribution in [0.4, 0.5) is 8.78 Å². The summed E-state index contributed by atoms with van der Waals surface area (Å²) in [5.74, 6) is 0. The zero-order valence-electron chi connectivity index (χ0n) is 15.3. The number of halogens is 2. The maximum atomic E-state index is 14.6. The molecule has 0 atom stereocenters. The SMILES string of the molecule is N#CC1=NN=C(C#N)C1=c1c2cc(F)sc2c(=C2C(C#N)=NN=C2C#N)c2cc(F)sc12. The topological polar surface area (TPSA) is 145 Å². The molecule has 2 aliphatic rings. The average Bonchev–Trinajstić information content (AvgIpc) is 3.55. The molecule has 0 unspecified atom stereocenters. The molecule has 12 heteroatoms. The summed E-state index contributed by atoms with van der Waals surface area (Å²) in [4.78, 5) is 0. The van der Waals surface area contributed by atoms with Gasteiger partial charge in [-0.25, -0.2) is 0 Å². The minimum absolute atomic E-state index is 0.0657. The second-order valence-electron chi connectivity index (χ2n) is 6.33. The van der Waals surface area contributed by atoms with Crippen LogP contribution in [0.1, 0.15) is 0 Å². The lowest BCUT2D eigenvalue weighted by Gasteiger charge is -2.05. The van der Waals surface area contributed by atoms with E-state index in [-0.39, 0.29) is 64.6 Å². The van der Waals surface area contributed by atoms with Crippen molar-refractivity contribution in [2.24, 2.45) is 20.4 Å². The van der Waals surface area contributed by atoms with Crippen molar-refractivity contribution in [1.82, 2.24) is 0 Å². The molecule has 3 aromatic rings. The molecule has 0 bridgehead atoms. The Balaban J connectivity index is 2.19. The first-order valence-corrected chi connectivity index (χ1v) is 10.2. The molecule has 0 radical (unpaired) electrons. The predicted molar refractivity (Wildman–Crippen MR) is 115 cm³/mol. The standard InChI is InChI=1S/C20H2F2N8S2/c21-13-1-7-15(17-9(3-23)27-28-10(17)4-24)20-8(2-14(22)32-20)16(19(7)31-13)18-11(5-25)29-30-12(18)6-26/h1-2H. The Bertz CT molecular complexity index is 1580. The Labute approximate surface area is 184 Å². The molecular weight excluding hydrogens is 454 g/mol. The van der Waals surface area contributed by atoms with Crippen LogP contribution in [-0.4, -0.2) is 22.8 Å². The van der Waals surface area contributed by atoms with Crippen molar-refractivity contribution in [3.63, 3.8) is 0 Å². The first kappa shape index (κ1) is 19.3. The molecule has 4 heterocycles. The molecule has 8 nitrogen and oxygen atoms in total. The van der Waals surface area contributed by atoms with Crippen LogP contribution >= 0.6 is 22.7 Å². The third kappa shape index (κ3) is 2.52. The van der Waals surface area contributed by atoms with Crippen molar-refractivity contribution in [1.29, 1.82) is 21.0 Å². The molecule has 148 valence electrons. The smallest absolute Gasteiger partial charge is 0.177 e. The largest absolute Gasteiger partial charge is 0.195 e. The van der Waals surface area contributed by atoms with Crippen LogP contribution in [0.15, 0.2) is 32.5 Å². The third-order valence-corrected chi connectivity index (χ3v) is 6.65. The van der Waals surface area contributed by atoms with E-state index in [1.54, 1.807) is 0 Å². The van der Waals surface area contributed by atoms with Gasteiger partial charge in [0.05, 0.1) is 11.1 Å². The number of nitriles is 4. The van der Waals surface area contributed by atoms with Gasteiger partial charge in [-0.15, -0.1) is 43.1 Å². The second kappa shape index (κ2) is 6.97. The van der Waals surface area contributed by atoms with Crippen molar-refractivity contribution in [3.05, 3.63) is 32.8 Å². The van der Waals surface area contributed by atoms with Crippen LogP contribution in [0, 0.1) is 55.6 Å². The fourth-order valence-electron chi connectivity index (χ4n) is 3.62. The van der Waals surface area contributed by atoms with Crippen molar-refractivity contribution < 1.29 is 8.78 Å². The Morgan fingerprint density at radius 1 is 0.594 bits per heavy atom. The molecular formula is C20H2F2N8S2. The summed E-state index contributed by atoms with van der Waals surface area (Å²) in [7, 11) is 0. The molecule has 0 N–H and O–H groups in total. The summed E-state index contributed by atoms with van der Waals surface area (Å²) < 4.78 is 29.7. The van der Waals surface area contributed by atoms with Crippen LogP contribution in [0.3, 0.4) is 0 Å². The summed E-state index contributed by atoms with van der Waals surface area (Å²) in [5.41, 5.74) is -0.519. The van der Waals surface area contributed by atoms with E-state index in [1.807, 2.05) is 24.3 Å². The summed E-state index contributed by atoms with van der Waals surface area (Å²) >= 11 is 1.42. The molecule has 0 saturated heterocycles. The van der Waals surface area contributed by atoms with Gasteiger partial charge in [0.25, 0.3) is 0 Å². The van der Waals surface area contributed by atoms with E-state index in [0.29, 0.717) is 22.7 Å². The molecule has 1 aromatic carbocycles. The van der Waals surface area contributed by atoms with Gasteiger partial charge in [0.1, 0.15) is 24.3 Å². The highest BCUT2D eigenvalue weighted by Crippen LogP contribution is 2.29. The minimum atomic E-state index is -0.602. The quantitative estimate of drug-likeness (QED) is 0.511. The van der Waals surface area contributed by atoms with E-state index in [1.165, 1.54) is 12.1 Å². The van der Waals surface area contributed by atoms with Gasteiger partial charge in [-0.3, -0.25) is 0 Å². The van der Waals surface area contributed by atoms with Gasteiger partial charge in [0.15, 0.2) is 33.1 Å². The number of hydrogen-bond acceptors (Lipinski definition) is 10. The van der Waals surface area contributed by atoms with Gasteiger partial charge in [-0.2, -0.15) is 29.8 Å². The fourth-order valence-corrected chi connectivity index (χ4v) is 5.53. The van der Waals surface area contributed by atoms with E-state index in [9.17, 15) is 29.8 Å². The third-order valence-electron chi connectivity index (χ3n) is 4.77. The van der Waals surface area contributed by atoms with Crippen molar-refractivity contribution in [2.75, 3.05) is 0 Å². The number of rotatable bonds is 0. The summed E-state index contributed by atoms with van der Waals surface area (Å²) in [6, 6.07) is 9.82. The number of nitrogens with zero attached hydrogens (tertiary/aromatic N) is 8. The van der Waals surface area contributed by atoms with E-state index in [0.717, 1.165) is 0 Å². The Hall–Kier alpha value is -4.62. The van der Waals surface area contributed by atoms with E-state index < -0.39 is 10.3 Å². The fraction of sp³-hybridized carbons (Fsp3) is 0. The monoisotopic (exact) mass is 456 g/mol. The summed E-state index contributed by atoms with van der Waals surface area (Å²) in [6.45, 7) is 0. The van der Waals surface area contributed by atoms with Crippen molar-refractivity contribution in [3.8, 4) is 24.3 Å². The first-order chi connectivity index (χ1) is 15.5. The van der Waals surface area contributed by atoms with Gasteiger partial charge in [-0.1, -0.05) is 0 Å². The minimum Gasteiger partial charge on any atom is -0.195 e. The van der Waals surface area contributed by atoms with Crippen LogP contribution < -0.4 is 10.4 Å². The average molecular weight is 456 g/mol. The van der Waals surface area contributed by atoms with E-state index >= 15 is 0 Å². The van der Waals surface area contributed by atoms with Gasteiger partial charge in [0.2, 0.25) is 0 Å². The lowest BCUT2D eigenvalue weighted by Crippen LogP contribution is -2.23. The molecule has 2 aliphatic heterocycles. The van der Waals surface area contributed by atoms with Gasteiger partial charge in [0, 0.05) is 30.6 Å². The molecule has 0 spiro atoms. The Morgan fingerprint density at radius 2 is 0.906 bits per heavy atom. The zero-order valence-corrected chi connectivity index (χ0v) is 16.9. The molecule has 32 heavy (non-hydrogen) atoms. The molecule has 0 saturated carbocycles. The van der Waals surface area contributed by atoms with Crippen molar-refractivity contribution >= 4 is 76.8 Å². The number of fused-ring (bicyclic) bond motifs is 2. The maximum Gasteiger partial charge on any atom is 0.177 e. The van der Waals surface area contributed by atoms with Crippen LogP contribution in [0.5, 0.6) is 0 Å². The molecule has 0 aliphatic carbocycles. The van der Waals surface area contributed by atoms with Gasteiger partial charge in [-0.05, 0) is 12.1 Å². The van der Waals surface area contributed by atoms with Gasteiger partial charge < -0.3 is 0 Å². The lowest BCUT2D eigenvalue weighted by atomic mass is 9.96. The van der Waals surface area contributed by atoms with Gasteiger partial charge >= 0.3 is 0 Å². The van der Waals surface area contributed by atoms with E-state index in [4.69, 9.17) is 0 Å².